The van der Waals surface area contributed by atoms with Gasteiger partial charge in [-0.25, -0.2) is 9.18 Å². The van der Waals surface area contributed by atoms with E-state index in [-0.39, 0.29) is 18.4 Å². The van der Waals surface area contributed by atoms with Gasteiger partial charge in [-0.3, -0.25) is 0 Å². The molecule has 1 aromatic carbocycles. The van der Waals surface area contributed by atoms with Gasteiger partial charge in [0.1, 0.15) is 12.1 Å². The zero-order valence-corrected chi connectivity index (χ0v) is 13.4. The SMILES string of the molecule is O=C(NCc1nncn1C1CC1)Nc1ccc(F)c(-n2cccc2)c1. The molecule has 2 amide bonds. The Morgan fingerprint density at radius 3 is 2.84 bits per heavy atom. The second kappa shape index (κ2) is 6.39. The van der Waals surface area contributed by atoms with Crippen LogP contribution < -0.4 is 10.6 Å². The molecule has 1 saturated carbocycles. The Bertz CT molecular complexity index is 884. The van der Waals surface area contributed by atoms with Crippen LogP contribution >= 0.6 is 0 Å². The first-order valence-electron chi connectivity index (χ1n) is 8.07. The van der Waals surface area contributed by atoms with E-state index in [1.807, 2.05) is 16.7 Å². The van der Waals surface area contributed by atoms with Gasteiger partial charge in [0.05, 0.1) is 12.2 Å². The number of carbonyl (C=O) groups is 1. The molecule has 1 aliphatic rings. The molecule has 2 aromatic heterocycles. The summed E-state index contributed by atoms with van der Waals surface area (Å²) in [5, 5.41) is 13.4. The summed E-state index contributed by atoms with van der Waals surface area (Å²) in [7, 11) is 0. The molecule has 7 nitrogen and oxygen atoms in total. The number of benzene rings is 1. The molecular weight excluding hydrogens is 323 g/mol. The third-order valence-corrected chi connectivity index (χ3v) is 4.08. The van der Waals surface area contributed by atoms with E-state index in [2.05, 4.69) is 20.8 Å². The summed E-state index contributed by atoms with van der Waals surface area (Å²) in [6.45, 7) is 0.286. The molecular formula is C17H17FN6O. The van der Waals surface area contributed by atoms with Gasteiger partial charge >= 0.3 is 6.03 Å². The lowest BCUT2D eigenvalue weighted by atomic mass is 10.2. The zero-order chi connectivity index (χ0) is 17.2. The van der Waals surface area contributed by atoms with Gasteiger partial charge < -0.3 is 19.8 Å². The van der Waals surface area contributed by atoms with Crippen molar-refractivity contribution < 1.29 is 9.18 Å². The molecule has 0 atom stereocenters. The topological polar surface area (TPSA) is 76.8 Å². The predicted octanol–water partition coefficient (Wildman–Crippen LogP) is 2.86. The molecule has 25 heavy (non-hydrogen) atoms. The molecule has 1 aliphatic carbocycles. The Hall–Kier alpha value is -3.16. The first-order valence-corrected chi connectivity index (χ1v) is 8.07. The number of carbonyl (C=O) groups excluding carboxylic acids is 1. The Balaban J connectivity index is 1.41. The molecule has 1 fully saturated rings. The summed E-state index contributed by atoms with van der Waals surface area (Å²) in [6, 6.07) is 8.13. The first-order chi connectivity index (χ1) is 12.2. The second-order valence-corrected chi connectivity index (χ2v) is 5.95. The molecule has 128 valence electrons. The Morgan fingerprint density at radius 2 is 2.08 bits per heavy atom. The zero-order valence-electron chi connectivity index (χ0n) is 13.4. The molecule has 0 aliphatic heterocycles. The van der Waals surface area contributed by atoms with E-state index < -0.39 is 0 Å². The smallest absolute Gasteiger partial charge is 0.319 e. The normalized spacial score (nSPS) is 13.6. The van der Waals surface area contributed by atoms with Crippen LogP contribution in [-0.4, -0.2) is 25.4 Å². The van der Waals surface area contributed by atoms with Gasteiger partial charge in [-0.1, -0.05) is 0 Å². The number of urea groups is 1. The molecule has 0 bridgehead atoms. The highest BCUT2D eigenvalue weighted by Gasteiger charge is 2.26. The van der Waals surface area contributed by atoms with Crippen molar-refractivity contribution in [1.82, 2.24) is 24.6 Å². The minimum Gasteiger partial charge on any atom is -0.331 e. The van der Waals surface area contributed by atoms with Gasteiger partial charge in [0, 0.05) is 24.1 Å². The van der Waals surface area contributed by atoms with E-state index in [1.165, 1.54) is 12.1 Å². The number of aromatic nitrogens is 4. The van der Waals surface area contributed by atoms with Crippen LogP contribution in [0.5, 0.6) is 0 Å². The van der Waals surface area contributed by atoms with Crippen molar-refractivity contribution in [3.8, 4) is 5.69 Å². The van der Waals surface area contributed by atoms with Gasteiger partial charge in [0.2, 0.25) is 0 Å². The van der Waals surface area contributed by atoms with Crippen molar-refractivity contribution in [3.63, 3.8) is 0 Å². The minimum absolute atomic E-state index is 0.286. The van der Waals surface area contributed by atoms with Crippen molar-refractivity contribution in [1.29, 1.82) is 0 Å². The summed E-state index contributed by atoms with van der Waals surface area (Å²) in [5.74, 6) is 0.365. The van der Waals surface area contributed by atoms with Crippen molar-refractivity contribution in [2.24, 2.45) is 0 Å². The lowest BCUT2D eigenvalue weighted by Crippen LogP contribution is -2.29. The van der Waals surface area contributed by atoms with Gasteiger partial charge in [0.25, 0.3) is 0 Å². The van der Waals surface area contributed by atoms with E-state index in [1.54, 1.807) is 29.4 Å². The van der Waals surface area contributed by atoms with Crippen LogP contribution in [0.25, 0.3) is 5.69 Å². The Morgan fingerprint density at radius 1 is 1.28 bits per heavy atom. The second-order valence-electron chi connectivity index (χ2n) is 5.95. The average molecular weight is 340 g/mol. The highest BCUT2D eigenvalue weighted by atomic mass is 19.1. The maximum atomic E-state index is 14.0. The predicted molar refractivity (Wildman–Crippen MR) is 89.9 cm³/mol. The summed E-state index contributed by atoms with van der Waals surface area (Å²) in [5.41, 5.74) is 0.877. The molecule has 4 rings (SSSR count). The third kappa shape index (κ3) is 3.37. The Kier molecular flexibility index (Phi) is 3.93. The van der Waals surface area contributed by atoms with Crippen LogP contribution in [0.3, 0.4) is 0 Å². The molecule has 3 aromatic rings. The first kappa shape index (κ1) is 15.4. The quantitative estimate of drug-likeness (QED) is 0.750. The van der Waals surface area contributed by atoms with Crippen LogP contribution in [0, 0.1) is 5.82 Å². The third-order valence-electron chi connectivity index (χ3n) is 4.08. The van der Waals surface area contributed by atoms with Crippen LogP contribution in [0.4, 0.5) is 14.9 Å². The number of nitrogens with one attached hydrogen (secondary N) is 2. The van der Waals surface area contributed by atoms with Gasteiger partial charge in [-0.15, -0.1) is 10.2 Å². The fourth-order valence-electron chi connectivity index (χ4n) is 2.67. The highest BCUT2D eigenvalue weighted by Crippen LogP contribution is 2.35. The number of halogens is 1. The van der Waals surface area contributed by atoms with E-state index >= 15 is 0 Å². The summed E-state index contributed by atoms with van der Waals surface area (Å²) in [4.78, 5) is 12.1. The number of hydrogen-bond donors (Lipinski definition) is 2. The highest BCUT2D eigenvalue weighted by molar-refractivity contribution is 5.89. The van der Waals surface area contributed by atoms with E-state index in [0.717, 1.165) is 18.7 Å². The Labute approximate surface area is 143 Å². The fraction of sp³-hybridized carbons (Fsp3) is 0.235. The van der Waals surface area contributed by atoms with Crippen molar-refractivity contribution in [2.45, 2.75) is 25.4 Å². The van der Waals surface area contributed by atoms with Crippen LogP contribution in [0.1, 0.15) is 24.7 Å². The molecule has 0 radical (unpaired) electrons. The van der Waals surface area contributed by atoms with E-state index in [0.29, 0.717) is 17.4 Å². The molecule has 0 saturated heterocycles. The lowest BCUT2D eigenvalue weighted by molar-refractivity contribution is 0.251. The van der Waals surface area contributed by atoms with E-state index in [9.17, 15) is 9.18 Å². The number of rotatable bonds is 5. The minimum atomic E-state index is -0.379. The van der Waals surface area contributed by atoms with Crippen LogP contribution in [0.2, 0.25) is 0 Å². The number of anilines is 1. The van der Waals surface area contributed by atoms with E-state index in [4.69, 9.17) is 0 Å². The molecule has 8 heteroatoms. The molecule has 2 N–H and O–H groups in total. The standard InChI is InChI=1S/C17H17FN6O/c18-14-6-3-12(9-15(14)23-7-1-2-8-23)21-17(25)19-10-16-22-20-11-24(16)13-4-5-13/h1-3,6-9,11,13H,4-5,10H2,(H2,19,21,25). The number of hydrogen-bond acceptors (Lipinski definition) is 3. The molecule has 0 unspecified atom stereocenters. The van der Waals surface area contributed by atoms with Crippen molar-refractivity contribution >= 4 is 11.7 Å². The fourth-order valence-corrected chi connectivity index (χ4v) is 2.67. The maximum absolute atomic E-state index is 14.0. The largest absolute Gasteiger partial charge is 0.331 e. The van der Waals surface area contributed by atoms with Crippen LogP contribution in [0.15, 0.2) is 49.1 Å². The number of nitrogens with zero attached hydrogens (tertiary/aromatic N) is 4. The summed E-state index contributed by atoms with van der Waals surface area (Å²) < 4.78 is 17.6. The monoisotopic (exact) mass is 340 g/mol. The van der Waals surface area contributed by atoms with Crippen LogP contribution in [-0.2, 0) is 6.54 Å². The summed E-state index contributed by atoms with van der Waals surface area (Å²) in [6.07, 6.45) is 7.42. The maximum Gasteiger partial charge on any atom is 0.319 e. The molecule has 0 spiro atoms. The average Bonchev–Trinajstić information content (AvgIpc) is 3.11. The van der Waals surface area contributed by atoms with Crippen molar-refractivity contribution in [3.05, 3.63) is 60.7 Å². The molecule has 2 heterocycles. The lowest BCUT2D eigenvalue weighted by Gasteiger charge is -2.11. The van der Waals surface area contributed by atoms with Gasteiger partial charge in [-0.2, -0.15) is 0 Å². The number of amides is 2. The van der Waals surface area contributed by atoms with Gasteiger partial charge in [0.15, 0.2) is 5.82 Å². The van der Waals surface area contributed by atoms with Gasteiger partial charge in [-0.05, 0) is 43.2 Å². The van der Waals surface area contributed by atoms with Crippen molar-refractivity contribution in [2.75, 3.05) is 5.32 Å². The summed E-state index contributed by atoms with van der Waals surface area (Å²) >= 11 is 0.